The predicted octanol–water partition coefficient (Wildman–Crippen LogP) is 3.67. The molecule has 5 nitrogen and oxygen atoms in total. The van der Waals surface area contributed by atoms with Crippen LogP contribution < -0.4 is 0 Å². The highest BCUT2D eigenvalue weighted by molar-refractivity contribution is 9.10. The maximum atomic E-state index is 8.78. The monoisotopic (exact) mass is 328 g/mol. The second kappa shape index (κ2) is 4.94. The lowest BCUT2D eigenvalue weighted by Crippen LogP contribution is -1.83. The van der Waals surface area contributed by atoms with E-state index in [4.69, 9.17) is 9.78 Å². The molecule has 0 spiro atoms. The minimum atomic E-state index is 0.384. The summed E-state index contributed by atoms with van der Waals surface area (Å²) in [5.41, 5.74) is 3.17. The van der Waals surface area contributed by atoms with Crippen molar-refractivity contribution < 1.29 is 4.52 Å². The summed E-state index contributed by atoms with van der Waals surface area (Å²) in [6, 6.07) is 9.56. The van der Waals surface area contributed by atoms with Gasteiger partial charge in [0.15, 0.2) is 0 Å². The molecule has 0 unspecified atom stereocenters. The van der Waals surface area contributed by atoms with Crippen molar-refractivity contribution >= 4 is 15.9 Å². The number of hydrogen-bond acceptors (Lipinski definition) is 4. The lowest BCUT2D eigenvalue weighted by Gasteiger charge is -1.99. The fraction of sp³-hybridized carbons (Fsp3) is 0.0714. The number of hydrogen-bond donors (Lipinski definition) is 1. The molecule has 1 aromatic carbocycles. The number of nitrogens with one attached hydrogen (secondary N) is 1. The summed E-state index contributed by atoms with van der Waals surface area (Å²) in [7, 11) is 0. The smallest absolute Gasteiger partial charge is 0.259 e. The maximum Gasteiger partial charge on any atom is 0.259 e. The number of aryl methyl sites for hydroxylation is 1. The first-order chi connectivity index (χ1) is 9.67. The minimum Gasteiger partial charge on any atom is -0.352 e. The molecule has 0 aliphatic rings. The second-order valence-corrected chi connectivity index (χ2v) is 5.16. The number of halogens is 1. The molecule has 1 N–H and O–H groups in total. The molecule has 0 atom stereocenters. The number of benzene rings is 1. The van der Waals surface area contributed by atoms with Crippen molar-refractivity contribution in [3.8, 4) is 28.9 Å². The Balaban J connectivity index is 1.97. The largest absolute Gasteiger partial charge is 0.352 e. The average molecular weight is 329 g/mol. The normalized spacial score (nSPS) is 10.4. The Morgan fingerprint density at radius 2 is 2.15 bits per heavy atom. The minimum absolute atomic E-state index is 0.384. The third kappa shape index (κ3) is 2.24. The maximum absolute atomic E-state index is 8.78. The fourth-order valence-corrected chi connectivity index (χ4v) is 2.15. The molecule has 0 saturated heterocycles. The van der Waals surface area contributed by atoms with Gasteiger partial charge in [-0.1, -0.05) is 33.2 Å². The summed E-state index contributed by atoms with van der Waals surface area (Å²) < 4.78 is 6.22. The van der Waals surface area contributed by atoms with Crippen LogP contribution in [0.5, 0.6) is 0 Å². The van der Waals surface area contributed by atoms with Crippen LogP contribution in [0.4, 0.5) is 0 Å². The molecule has 2 aromatic heterocycles. The van der Waals surface area contributed by atoms with E-state index in [0.29, 0.717) is 23.0 Å². The van der Waals surface area contributed by atoms with Crippen LogP contribution in [0.25, 0.3) is 22.8 Å². The summed E-state index contributed by atoms with van der Waals surface area (Å²) in [4.78, 5) is 7.16. The van der Waals surface area contributed by atoms with E-state index in [1.54, 1.807) is 12.3 Å². The Morgan fingerprint density at radius 1 is 1.30 bits per heavy atom. The summed E-state index contributed by atoms with van der Waals surface area (Å²) in [5, 5.41) is 12.7. The standard InChI is InChI=1S/C14H9BrN4O/c1-8-2-3-9(5-12(8)15)13-18-14(20-19-13)10-4-11(6-16)17-7-10/h2-5,7,17H,1H3. The number of nitrogens with zero attached hydrogens (tertiary/aromatic N) is 3. The molecular formula is C14H9BrN4O. The van der Waals surface area contributed by atoms with Crippen molar-refractivity contribution in [3.05, 3.63) is 46.2 Å². The van der Waals surface area contributed by atoms with Crippen LogP contribution in [0, 0.1) is 18.3 Å². The van der Waals surface area contributed by atoms with Gasteiger partial charge >= 0.3 is 0 Å². The van der Waals surface area contributed by atoms with Gasteiger partial charge in [-0.3, -0.25) is 0 Å². The molecule has 0 bridgehead atoms. The Hall–Kier alpha value is -2.39. The molecule has 0 radical (unpaired) electrons. The van der Waals surface area contributed by atoms with Crippen LogP contribution in [0.2, 0.25) is 0 Å². The molecule has 3 aromatic rings. The number of rotatable bonds is 2. The summed E-state index contributed by atoms with van der Waals surface area (Å²) in [6.07, 6.45) is 1.67. The van der Waals surface area contributed by atoms with Crippen LogP contribution in [0.1, 0.15) is 11.3 Å². The number of nitriles is 1. The number of H-pyrrole nitrogens is 1. The van der Waals surface area contributed by atoms with Crippen LogP contribution >= 0.6 is 15.9 Å². The molecule has 20 heavy (non-hydrogen) atoms. The van der Waals surface area contributed by atoms with Gasteiger partial charge in [0.1, 0.15) is 11.8 Å². The highest BCUT2D eigenvalue weighted by atomic mass is 79.9. The first-order valence-electron chi connectivity index (χ1n) is 5.86. The second-order valence-electron chi connectivity index (χ2n) is 4.30. The van der Waals surface area contributed by atoms with Gasteiger partial charge in [-0.2, -0.15) is 10.2 Å². The lowest BCUT2D eigenvalue weighted by atomic mass is 10.1. The van der Waals surface area contributed by atoms with Gasteiger partial charge in [0.25, 0.3) is 5.89 Å². The first kappa shape index (κ1) is 12.6. The third-order valence-corrected chi connectivity index (χ3v) is 3.76. The van der Waals surface area contributed by atoms with E-state index < -0.39 is 0 Å². The molecule has 6 heteroatoms. The van der Waals surface area contributed by atoms with Crippen LogP contribution in [-0.4, -0.2) is 15.1 Å². The van der Waals surface area contributed by atoms with Crippen LogP contribution in [0.3, 0.4) is 0 Å². The van der Waals surface area contributed by atoms with Gasteiger partial charge in [-0.25, -0.2) is 0 Å². The van der Waals surface area contributed by atoms with E-state index in [1.807, 2.05) is 31.2 Å². The number of aromatic amines is 1. The Kier molecular flexibility index (Phi) is 3.12. The third-order valence-electron chi connectivity index (χ3n) is 2.91. The van der Waals surface area contributed by atoms with Crippen LogP contribution in [-0.2, 0) is 0 Å². The zero-order chi connectivity index (χ0) is 14.1. The van der Waals surface area contributed by atoms with E-state index in [1.165, 1.54) is 0 Å². The van der Waals surface area contributed by atoms with Crippen molar-refractivity contribution in [2.24, 2.45) is 0 Å². The lowest BCUT2D eigenvalue weighted by molar-refractivity contribution is 0.432. The SMILES string of the molecule is Cc1ccc(-c2noc(-c3c[nH]c(C#N)c3)n2)cc1Br. The molecule has 0 amide bonds. The first-order valence-corrected chi connectivity index (χ1v) is 6.66. The van der Waals surface area contributed by atoms with Gasteiger partial charge in [0, 0.05) is 16.2 Å². The highest BCUT2D eigenvalue weighted by Crippen LogP contribution is 2.26. The molecule has 98 valence electrons. The molecule has 0 aliphatic carbocycles. The molecule has 0 aliphatic heterocycles. The fourth-order valence-electron chi connectivity index (χ4n) is 1.77. The molecule has 0 fully saturated rings. The summed E-state index contributed by atoms with van der Waals surface area (Å²) in [6.45, 7) is 2.01. The Labute approximate surface area is 123 Å². The van der Waals surface area contributed by atoms with Crippen molar-refractivity contribution in [2.45, 2.75) is 6.92 Å². The Morgan fingerprint density at radius 3 is 2.85 bits per heavy atom. The van der Waals surface area contributed by atoms with Crippen molar-refractivity contribution in [2.75, 3.05) is 0 Å². The van der Waals surface area contributed by atoms with Gasteiger partial charge in [-0.05, 0) is 24.6 Å². The molecule has 2 heterocycles. The zero-order valence-electron chi connectivity index (χ0n) is 10.5. The van der Waals surface area contributed by atoms with E-state index in [2.05, 4.69) is 31.1 Å². The van der Waals surface area contributed by atoms with Gasteiger partial charge < -0.3 is 9.51 Å². The molecular weight excluding hydrogens is 320 g/mol. The molecule has 3 rings (SSSR count). The van der Waals surface area contributed by atoms with Crippen LogP contribution in [0.15, 0.2) is 39.5 Å². The van der Waals surface area contributed by atoms with E-state index in [0.717, 1.165) is 15.6 Å². The zero-order valence-corrected chi connectivity index (χ0v) is 12.1. The van der Waals surface area contributed by atoms with E-state index >= 15 is 0 Å². The van der Waals surface area contributed by atoms with Gasteiger partial charge in [-0.15, -0.1) is 0 Å². The van der Waals surface area contributed by atoms with Crippen molar-refractivity contribution in [3.63, 3.8) is 0 Å². The van der Waals surface area contributed by atoms with Crippen molar-refractivity contribution in [1.29, 1.82) is 5.26 Å². The van der Waals surface area contributed by atoms with Gasteiger partial charge in [0.05, 0.1) is 5.56 Å². The topological polar surface area (TPSA) is 78.5 Å². The highest BCUT2D eigenvalue weighted by Gasteiger charge is 2.12. The quantitative estimate of drug-likeness (QED) is 0.778. The van der Waals surface area contributed by atoms with E-state index in [9.17, 15) is 0 Å². The van der Waals surface area contributed by atoms with Gasteiger partial charge in [0.2, 0.25) is 5.82 Å². The predicted molar refractivity (Wildman–Crippen MR) is 76.7 cm³/mol. The summed E-state index contributed by atoms with van der Waals surface area (Å²) in [5.74, 6) is 0.898. The molecule has 0 saturated carbocycles. The number of aromatic nitrogens is 3. The van der Waals surface area contributed by atoms with Crippen molar-refractivity contribution in [1.82, 2.24) is 15.1 Å². The van der Waals surface area contributed by atoms with E-state index in [-0.39, 0.29) is 0 Å². The Bertz CT molecular complexity index is 813. The summed E-state index contributed by atoms with van der Waals surface area (Å²) >= 11 is 3.48. The average Bonchev–Trinajstić information content (AvgIpc) is 3.09.